The van der Waals surface area contributed by atoms with Crippen molar-refractivity contribution in [1.82, 2.24) is 9.88 Å². The second-order valence-electron chi connectivity index (χ2n) is 4.90. The SMILES string of the molecule is CCC1CCCCN1Cc1nc(NC)ccc1Cl. The number of likely N-dealkylation sites (tertiary alicyclic amines) is 1. The molecule has 0 radical (unpaired) electrons. The molecule has 100 valence electrons. The highest BCUT2D eigenvalue weighted by atomic mass is 35.5. The summed E-state index contributed by atoms with van der Waals surface area (Å²) in [6, 6.07) is 4.54. The van der Waals surface area contributed by atoms with E-state index in [-0.39, 0.29) is 0 Å². The molecule has 0 aliphatic carbocycles. The topological polar surface area (TPSA) is 28.2 Å². The lowest BCUT2D eigenvalue weighted by molar-refractivity contribution is 0.134. The molecule has 0 aromatic carbocycles. The number of nitrogens with one attached hydrogen (secondary N) is 1. The Labute approximate surface area is 115 Å². The van der Waals surface area contributed by atoms with Gasteiger partial charge in [0.05, 0.1) is 10.7 Å². The van der Waals surface area contributed by atoms with Crippen molar-refractivity contribution in [2.24, 2.45) is 0 Å². The van der Waals surface area contributed by atoms with Crippen LogP contribution in [0.3, 0.4) is 0 Å². The van der Waals surface area contributed by atoms with Gasteiger partial charge in [-0.15, -0.1) is 0 Å². The fraction of sp³-hybridized carbons (Fsp3) is 0.643. The summed E-state index contributed by atoms with van der Waals surface area (Å²) in [6.07, 6.45) is 5.16. The number of pyridine rings is 1. The minimum absolute atomic E-state index is 0.690. The van der Waals surface area contributed by atoms with Crippen molar-refractivity contribution in [2.75, 3.05) is 18.9 Å². The van der Waals surface area contributed by atoms with E-state index in [4.69, 9.17) is 11.6 Å². The van der Waals surface area contributed by atoms with Gasteiger partial charge in [0, 0.05) is 19.6 Å². The van der Waals surface area contributed by atoms with E-state index in [1.807, 2.05) is 19.2 Å². The molecule has 2 rings (SSSR count). The zero-order valence-corrected chi connectivity index (χ0v) is 12.0. The van der Waals surface area contributed by atoms with Gasteiger partial charge in [-0.25, -0.2) is 4.98 Å². The van der Waals surface area contributed by atoms with Crippen molar-refractivity contribution < 1.29 is 0 Å². The predicted molar refractivity (Wildman–Crippen MR) is 77.1 cm³/mol. The van der Waals surface area contributed by atoms with Crippen LogP contribution in [-0.4, -0.2) is 29.5 Å². The maximum absolute atomic E-state index is 6.25. The summed E-state index contributed by atoms with van der Waals surface area (Å²) in [5.41, 5.74) is 0.990. The van der Waals surface area contributed by atoms with Gasteiger partial charge in [-0.05, 0) is 37.9 Å². The van der Waals surface area contributed by atoms with Crippen molar-refractivity contribution in [2.45, 2.75) is 45.2 Å². The number of nitrogens with zero attached hydrogens (tertiary/aromatic N) is 2. The second-order valence-corrected chi connectivity index (χ2v) is 5.31. The van der Waals surface area contributed by atoms with Crippen LogP contribution in [0.15, 0.2) is 12.1 Å². The van der Waals surface area contributed by atoms with E-state index in [0.29, 0.717) is 6.04 Å². The fourth-order valence-electron chi connectivity index (χ4n) is 2.66. The summed E-state index contributed by atoms with van der Waals surface area (Å²) in [4.78, 5) is 7.09. The van der Waals surface area contributed by atoms with Crippen LogP contribution in [0.5, 0.6) is 0 Å². The second kappa shape index (κ2) is 6.39. The summed E-state index contributed by atoms with van der Waals surface area (Å²) in [5, 5.41) is 3.84. The molecule has 1 unspecified atom stereocenters. The average Bonchev–Trinajstić information content (AvgIpc) is 2.42. The van der Waals surface area contributed by atoms with Crippen LogP contribution in [0.1, 0.15) is 38.3 Å². The molecule has 0 amide bonds. The Balaban J connectivity index is 2.11. The number of piperidine rings is 1. The van der Waals surface area contributed by atoms with E-state index in [1.165, 1.54) is 32.2 Å². The Hall–Kier alpha value is -0.800. The molecular formula is C14H22ClN3. The van der Waals surface area contributed by atoms with Gasteiger partial charge in [0.2, 0.25) is 0 Å². The van der Waals surface area contributed by atoms with Gasteiger partial charge in [0.25, 0.3) is 0 Å². The molecule has 1 aromatic heterocycles. The first-order valence-corrected chi connectivity index (χ1v) is 7.19. The van der Waals surface area contributed by atoms with Crippen molar-refractivity contribution in [3.63, 3.8) is 0 Å². The number of hydrogen-bond acceptors (Lipinski definition) is 3. The molecule has 4 heteroatoms. The van der Waals surface area contributed by atoms with Crippen LogP contribution in [0, 0.1) is 0 Å². The quantitative estimate of drug-likeness (QED) is 0.904. The molecule has 0 spiro atoms. The van der Waals surface area contributed by atoms with Gasteiger partial charge in [0.1, 0.15) is 5.82 Å². The first-order chi connectivity index (χ1) is 8.74. The zero-order valence-electron chi connectivity index (χ0n) is 11.2. The van der Waals surface area contributed by atoms with E-state index in [9.17, 15) is 0 Å². The molecule has 0 saturated carbocycles. The number of rotatable bonds is 4. The maximum atomic E-state index is 6.25. The number of hydrogen-bond donors (Lipinski definition) is 1. The smallest absolute Gasteiger partial charge is 0.126 e. The summed E-state index contributed by atoms with van der Waals surface area (Å²) in [5.74, 6) is 0.888. The van der Waals surface area contributed by atoms with Gasteiger partial charge in [-0.1, -0.05) is 24.9 Å². The van der Waals surface area contributed by atoms with Crippen LogP contribution in [0.2, 0.25) is 5.02 Å². The molecule has 3 nitrogen and oxygen atoms in total. The monoisotopic (exact) mass is 267 g/mol. The van der Waals surface area contributed by atoms with Gasteiger partial charge in [-0.2, -0.15) is 0 Å². The third-order valence-electron chi connectivity index (χ3n) is 3.75. The van der Waals surface area contributed by atoms with Crippen molar-refractivity contribution in [1.29, 1.82) is 0 Å². The van der Waals surface area contributed by atoms with Gasteiger partial charge in [-0.3, -0.25) is 4.90 Å². The summed E-state index contributed by atoms with van der Waals surface area (Å²) >= 11 is 6.25. The molecule has 1 N–H and O–H groups in total. The number of halogens is 1. The number of aromatic nitrogens is 1. The Kier molecular flexibility index (Phi) is 4.84. The van der Waals surface area contributed by atoms with E-state index >= 15 is 0 Å². The van der Waals surface area contributed by atoms with Crippen LogP contribution in [-0.2, 0) is 6.54 Å². The molecular weight excluding hydrogens is 246 g/mol. The third kappa shape index (κ3) is 3.15. The minimum atomic E-state index is 0.690. The lowest BCUT2D eigenvalue weighted by Crippen LogP contribution is -2.38. The molecule has 1 aromatic rings. The lowest BCUT2D eigenvalue weighted by Gasteiger charge is -2.35. The molecule has 1 aliphatic heterocycles. The standard InChI is InChI=1S/C14H22ClN3/c1-3-11-6-4-5-9-18(11)10-13-12(15)7-8-14(16-2)17-13/h7-8,11H,3-6,9-10H2,1-2H3,(H,16,17). The van der Waals surface area contributed by atoms with E-state index < -0.39 is 0 Å². The highest BCUT2D eigenvalue weighted by Gasteiger charge is 2.22. The van der Waals surface area contributed by atoms with E-state index in [0.717, 1.165) is 23.1 Å². The van der Waals surface area contributed by atoms with Crippen LogP contribution in [0.25, 0.3) is 0 Å². The van der Waals surface area contributed by atoms with Crippen molar-refractivity contribution in [3.8, 4) is 0 Å². The fourth-order valence-corrected chi connectivity index (χ4v) is 2.82. The van der Waals surface area contributed by atoms with Crippen LogP contribution in [0.4, 0.5) is 5.82 Å². The highest BCUT2D eigenvalue weighted by Crippen LogP contribution is 2.24. The van der Waals surface area contributed by atoms with Crippen LogP contribution >= 0.6 is 11.6 Å². The molecule has 1 fully saturated rings. The Morgan fingerprint density at radius 3 is 3.00 bits per heavy atom. The maximum Gasteiger partial charge on any atom is 0.126 e. The zero-order chi connectivity index (χ0) is 13.0. The molecule has 1 saturated heterocycles. The Morgan fingerprint density at radius 2 is 2.28 bits per heavy atom. The number of anilines is 1. The van der Waals surface area contributed by atoms with Gasteiger partial charge < -0.3 is 5.32 Å². The lowest BCUT2D eigenvalue weighted by atomic mass is 10.00. The first kappa shape index (κ1) is 13.6. The van der Waals surface area contributed by atoms with E-state index in [1.54, 1.807) is 0 Å². The Morgan fingerprint density at radius 1 is 1.44 bits per heavy atom. The molecule has 18 heavy (non-hydrogen) atoms. The van der Waals surface area contributed by atoms with E-state index in [2.05, 4.69) is 22.1 Å². The molecule has 2 heterocycles. The van der Waals surface area contributed by atoms with Crippen molar-refractivity contribution in [3.05, 3.63) is 22.8 Å². The van der Waals surface area contributed by atoms with Gasteiger partial charge >= 0.3 is 0 Å². The average molecular weight is 268 g/mol. The summed E-state index contributed by atoms with van der Waals surface area (Å²) in [6.45, 7) is 4.30. The Bertz CT molecular complexity index is 395. The largest absolute Gasteiger partial charge is 0.373 e. The normalized spacial score (nSPS) is 20.9. The summed E-state index contributed by atoms with van der Waals surface area (Å²) in [7, 11) is 1.88. The minimum Gasteiger partial charge on any atom is -0.373 e. The predicted octanol–water partition coefficient (Wildman–Crippen LogP) is 3.54. The molecule has 1 atom stereocenters. The van der Waals surface area contributed by atoms with Gasteiger partial charge in [0.15, 0.2) is 0 Å². The van der Waals surface area contributed by atoms with Crippen molar-refractivity contribution >= 4 is 17.4 Å². The molecule has 1 aliphatic rings. The highest BCUT2D eigenvalue weighted by molar-refractivity contribution is 6.31. The summed E-state index contributed by atoms with van der Waals surface area (Å²) < 4.78 is 0. The third-order valence-corrected chi connectivity index (χ3v) is 4.09. The molecule has 0 bridgehead atoms. The first-order valence-electron chi connectivity index (χ1n) is 6.81. The van der Waals surface area contributed by atoms with Crippen LogP contribution < -0.4 is 5.32 Å².